The Morgan fingerprint density at radius 2 is 2.24 bits per heavy atom. The number of thiophene rings is 2. The van der Waals surface area contributed by atoms with Gasteiger partial charge >= 0.3 is 0 Å². The Labute approximate surface area is 134 Å². The SMILES string of the molecule is Cc1ccc2c(Cl)c(C(=O)NN=Cc3ccsc3)sc2c1. The maximum absolute atomic E-state index is 12.2. The van der Waals surface area contributed by atoms with Gasteiger partial charge < -0.3 is 0 Å². The maximum Gasteiger partial charge on any atom is 0.283 e. The fourth-order valence-electron chi connectivity index (χ4n) is 1.88. The summed E-state index contributed by atoms with van der Waals surface area (Å²) in [5, 5.41) is 9.24. The standard InChI is InChI=1S/C15H11ClN2OS2/c1-9-2-3-11-12(6-9)21-14(13(11)16)15(19)18-17-7-10-4-5-20-8-10/h2-8H,1H3,(H,18,19). The molecule has 2 aromatic heterocycles. The van der Waals surface area contributed by atoms with Gasteiger partial charge in [0.05, 0.1) is 11.2 Å². The van der Waals surface area contributed by atoms with E-state index in [-0.39, 0.29) is 5.91 Å². The largest absolute Gasteiger partial charge is 0.283 e. The lowest BCUT2D eigenvalue weighted by Crippen LogP contribution is -2.16. The van der Waals surface area contributed by atoms with Crippen LogP contribution >= 0.6 is 34.3 Å². The number of nitrogens with one attached hydrogen (secondary N) is 1. The first-order valence-electron chi connectivity index (χ1n) is 6.19. The first-order valence-corrected chi connectivity index (χ1v) is 8.33. The topological polar surface area (TPSA) is 41.5 Å². The molecule has 0 fully saturated rings. The van der Waals surface area contributed by atoms with E-state index in [9.17, 15) is 4.79 Å². The molecule has 0 unspecified atom stereocenters. The zero-order valence-electron chi connectivity index (χ0n) is 11.1. The van der Waals surface area contributed by atoms with Crippen LogP contribution < -0.4 is 5.43 Å². The zero-order valence-corrected chi connectivity index (χ0v) is 13.5. The third-order valence-corrected chi connectivity index (χ3v) is 5.27. The van der Waals surface area contributed by atoms with Crippen LogP contribution in [0.4, 0.5) is 0 Å². The lowest BCUT2D eigenvalue weighted by Gasteiger charge is -1.96. The van der Waals surface area contributed by atoms with E-state index in [1.807, 2.05) is 41.9 Å². The van der Waals surface area contributed by atoms with E-state index in [0.29, 0.717) is 9.90 Å². The molecule has 0 aliphatic carbocycles. The van der Waals surface area contributed by atoms with Gasteiger partial charge in [-0.25, -0.2) is 5.43 Å². The molecule has 106 valence electrons. The van der Waals surface area contributed by atoms with Crippen LogP contribution in [0.3, 0.4) is 0 Å². The van der Waals surface area contributed by atoms with E-state index in [0.717, 1.165) is 21.2 Å². The molecule has 0 atom stereocenters. The summed E-state index contributed by atoms with van der Waals surface area (Å²) in [5.74, 6) is -0.287. The molecule has 6 heteroatoms. The molecule has 2 heterocycles. The Kier molecular flexibility index (Phi) is 4.05. The highest BCUT2D eigenvalue weighted by molar-refractivity contribution is 7.21. The van der Waals surface area contributed by atoms with Crippen molar-refractivity contribution in [3.8, 4) is 0 Å². The van der Waals surface area contributed by atoms with Gasteiger partial charge in [0.25, 0.3) is 5.91 Å². The number of hydrogen-bond acceptors (Lipinski definition) is 4. The van der Waals surface area contributed by atoms with Gasteiger partial charge in [0, 0.05) is 15.6 Å². The van der Waals surface area contributed by atoms with Gasteiger partial charge in [0.2, 0.25) is 0 Å². The molecule has 0 aliphatic rings. The second-order valence-corrected chi connectivity index (χ2v) is 6.71. The highest BCUT2D eigenvalue weighted by Crippen LogP contribution is 2.35. The summed E-state index contributed by atoms with van der Waals surface area (Å²) in [4.78, 5) is 12.6. The quantitative estimate of drug-likeness (QED) is 0.548. The molecule has 3 aromatic rings. The van der Waals surface area contributed by atoms with E-state index in [4.69, 9.17) is 11.6 Å². The Balaban J connectivity index is 1.83. The summed E-state index contributed by atoms with van der Waals surface area (Å²) in [7, 11) is 0. The van der Waals surface area contributed by atoms with Gasteiger partial charge in [-0.15, -0.1) is 11.3 Å². The first-order chi connectivity index (χ1) is 10.1. The molecular weight excluding hydrogens is 324 g/mol. The molecule has 3 nitrogen and oxygen atoms in total. The fourth-order valence-corrected chi connectivity index (χ4v) is 4.00. The molecular formula is C15H11ClN2OS2. The van der Waals surface area contributed by atoms with E-state index in [2.05, 4.69) is 10.5 Å². The molecule has 0 bridgehead atoms. The van der Waals surface area contributed by atoms with Gasteiger partial charge in [-0.3, -0.25) is 4.79 Å². The highest BCUT2D eigenvalue weighted by atomic mass is 35.5. The van der Waals surface area contributed by atoms with Crippen LogP contribution in [-0.4, -0.2) is 12.1 Å². The average Bonchev–Trinajstić information content (AvgIpc) is 3.07. The average molecular weight is 335 g/mol. The van der Waals surface area contributed by atoms with Gasteiger partial charge in [0.1, 0.15) is 4.88 Å². The van der Waals surface area contributed by atoms with Crippen molar-refractivity contribution in [2.45, 2.75) is 6.92 Å². The summed E-state index contributed by atoms with van der Waals surface area (Å²) in [6.07, 6.45) is 1.61. The Hall–Kier alpha value is -1.69. The predicted molar refractivity (Wildman–Crippen MR) is 91.0 cm³/mol. The van der Waals surface area contributed by atoms with Crippen LogP contribution in [-0.2, 0) is 0 Å². The van der Waals surface area contributed by atoms with E-state index in [1.165, 1.54) is 11.3 Å². The number of carbonyl (C=O) groups excluding carboxylic acids is 1. The Morgan fingerprint density at radius 3 is 3.00 bits per heavy atom. The van der Waals surface area contributed by atoms with Crippen molar-refractivity contribution in [2.75, 3.05) is 0 Å². The van der Waals surface area contributed by atoms with Crippen molar-refractivity contribution in [2.24, 2.45) is 5.10 Å². The molecule has 1 aromatic carbocycles. The molecule has 0 radical (unpaired) electrons. The summed E-state index contributed by atoms with van der Waals surface area (Å²) in [5.41, 5.74) is 4.61. The van der Waals surface area contributed by atoms with E-state index >= 15 is 0 Å². The summed E-state index contributed by atoms with van der Waals surface area (Å²) in [6, 6.07) is 7.87. The lowest BCUT2D eigenvalue weighted by atomic mass is 10.2. The Morgan fingerprint density at radius 1 is 1.38 bits per heavy atom. The third-order valence-electron chi connectivity index (χ3n) is 2.91. The van der Waals surface area contributed by atoms with Gasteiger partial charge in [0.15, 0.2) is 0 Å². The zero-order chi connectivity index (χ0) is 14.8. The van der Waals surface area contributed by atoms with Crippen LogP contribution in [0, 0.1) is 6.92 Å². The smallest absolute Gasteiger partial charge is 0.266 e. The predicted octanol–water partition coefficient (Wildman–Crippen LogP) is 4.69. The number of amides is 1. The second kappa shape index (κ2) is 5.97. The number of hydrogen-bond donors (Lipinski definition) is 1. The second-order valence-electron chi connectivity index (χ2n) is 4.50. The number of halogens is 1. The number of fused-ring (bicyclic) bond motifs is 1. The van der Waals surface area contributed by atoms with Gasteiger partial charge in [-0.1, -0.05) is 23.7 Å². The molecule has 21 heavy (non-hydrogen) atoms. The third kappa shape index (κ3) is 3.00. The van der Waals surface area contributed by atoms with Crippen molar-refractivity contribution in [1.82, 2.24) is 5.43 Å². The monoisotopic (exact) mass is 334 g/mol. The van der Waals surface area contributed by atoms with Crippen LogP contribution in [0.25, 0.3) is 10.1 Å². The minimum absolute atomic E-state index is 0.287. The van der Waals surface area contributed by atoms with Crippen LogP contribution in [0.15, 0.2) is 40.1 Å². The molecule has 0 aliphatic heterocycles. The molecule has 3 rings (SSSR count). The molecule has 0 saturated carbocycles. The van der Waals surface area contributed by atoms with E-state index in [1.54, 1.807) is 17.6 Å². The maximum atomic E-state index is 12.2. The van der Waals surface area contributed by atoms with Crippen LogP contribution in [0.1, 0.15) is 20.8 Å². The van der Waals surface area contributed by atoms with Crippen molar-refractivity contribution in [1.29, 1.82) is 0 Å². The fraction of sp³-hybridized carbons (Fsp3) is 0.0667. The van der Waals surface area contributed by atoms with Crippen molar-refractivity contribution in [3.63, 3.8) is 0 Å². The van der Waals surface area contributed by atoms with E-state index < -0.39 is 0 Å². The van der Waals surface area contributed by atoms with Crippen LogP contribution in [0.5, 0.6) is 0 Å². The van der Waals surface area contributed by atoms with Crippen molar-refractivity contribution < 1.29 is 4.79 Å². The first kappa shape index (κ1) is 14.3. The van der Waals surface area contributed by atoms with Gasteiger partial charge in [-0.2, -0.15) is 16.4 Å². The number of rotatable bonds is 3. The Bertz CT molecular complexity index is 822. The molecule has 0 spiro atoms. The van der Waals surface area contributed by atoms with Crippen molar-refractivity contribution >= 4 is 56.5 Å². The number of carbonyl (C=O) groups is 1. The van der Waals surface area contributed by atoms with Crippen LogP contribution in [0.2, 0.25) is 5.02 Å². The van der Waals surface area contributed by atoms with Crippen molar-refractivity contribution in [3.05, 3.63) is 56.1 Å². The normalized spacial score (nSPS) is 11.3. The van der Waals surface area contributed by atoms with Gasteiger partial charge in [-0.05, 0) is 35.4 Å². The molecule has 1 N–H and O–H groups in total. The number of nitrogens with zero attached hydrogens (tertiary/aromatic N) is 1. The number of aryl methyl sites for hydroxylation is 1. The summed E-state index contributed by atoms with van der Waals surface area (Å²) >= 11 is 9.24. The highest BCUT2D eigenvalue weighted by Gasteiger charge is 2.16. The number of benzene rings is 1. The molecule has 1 amide bonds. The summed E-state index contributed by atoms with van der Waals surface area (Å²) in [6.45, 7) is 2.01. The minimum atomic E-state index is -0.287. The molecule has 0 saturated heterocycles. The summed E-state index contributed by atoms with van der Waals surface area (Å²) < 4.78 is 1.01. The number of hydrazone groups is 1. The minimum Gasteiger partial charge on any atom is -0.266 e. The lowest BCUT2D eigenvalue weighted by molar-refractivity contribution is 0.0959.